The van der Waals surface area contributed by atoms with Gasteiger partial charge in [0.15, 0.2) is 9.84 Å². The van der Waals surface area contributed by atoms with E-state index in [0.717, 1.165) is 10.8 Å². The molecule has 0 atom stereocenters. The number of halogens is 1. The Morgan fingerprint density at radius 1 is 1.23 bits per heavy atom. The number of hydrogen-bond donors (Lipinski definition) is 1. The molecule has 0 saturated heterocycles. The highest BCUT2D eigenvalue weighted by Crippen LogP contribution is 2.20. The molecule has 0 spiro atoms. The zero-order chi connectivity index (χ0) is 18.9. The molecule has 134 valence electrons. The van der Waals surface area contributed by atoms with Gasteiger partial charge in [-0.25, -0.2) is 13.4 Å². The fraction of sp³-hybridized carbons (Fsp3) is 0.118. The number of benzene rings is 2. The summed E-state index contributed by atoms with van der Waals surface area (Å²) in [4.78, 5) is 28.9. The van der Waals surface area contributed by atoms with Crippen LogP contribution in [0.4, 0.5) is 5.69 Å². The van der Waals surface area contributed by atoms with Crippen molar-refractivity contribution in [2.75, 3.05) is 11.6 Å². The highest BCUT2D eigenvalue weighted by atomic mass is 35.5. The summed E-state index contributed by atoms with van der Waals surface area (Å²) in [6.07, 6.45) is 2.31. The van der Waals surface area contributed by atoms with E-state index >= 15 is 0 Å². The maximum absolute atomic E-state index is 12.5. The number of nitrogens with one attached hydrogen (secondary N) is 1. The van der Waals surface area contributed by atoms with Gasteiger partial charge in [-0.05, 0) is 30.3 Å². The van der Waals surface area contributed by atoms with Gasteiger partial charge in [-0.3, -0.25) is 14.2 Å². The van der Waals surface area contributed by atoms with Crippen molar-refractivity contribution in [3.05, 3.63) is 64.2 Å². The molecule has 7 nitrogen and oxygen atoms in total. The first kappa shape index (κ1) is 18.1. The Bertz CT molecular complexity index is 1170. The van der Waals surface area contributed by atoms with E-state index in [-0.39, 0.29) is 17.1 Å². The number of amides is 1. The zero-order valence-electron chi connectivity index (χ0n) is 13.6. The quantitative estimate of drug-likeness (QED) is 0.734. The lowest BCUT2D eigenvalue weighted by molar-refractivity contribution is -0.116. The third-order valence-corrected chi connectivity index (χ3v) is 5.05. The predicted octanol–water partition coefficient (Wildman–Crippen LogP) is 2.09. The van der Waals surface area contributed by atoms with Crippen LogP contribution in [-0.2, 0) is 21.2 Å². The molecule has 0 aliphatic rings. The lowest BCUT2D eigenvalue weighted by atomic mass is 10.2. The second-order valence-electron chi connectivity index (χ2n) is 5.66. The summed E-state index contributed by atoms with van der Waals surface area (Å²) in [5, 5.41) is 3.31. The van der Waals surface area contributed by atoms with Gasteiger partial charge in [0.25, 0.3) is 5.56 Å². The van der Waals surface area contributed by atoms with Crippen LogP contribution in [0.2, 0.25) is 5.02 Å². The Kier molecular flexibility index (Phi) is 4.80. The Labute approximate surface area is 154 Å². The van der Waals surface area contributed by atoms with Gasteiger partial charge in [0.05, 0.1) is 27.8 Å². The number of para-hydroxylation sites is 1. The van der Waals surface area contributed by atoms with Crippen LogP contribution in [0.3, 0.4) is 0 Å². The lowest BCUT2D eigenvalue weighted by Crippen LogP contribution is -2.28. The molecule has 1 aromatic heterocycles. The molecule has 3 aromatic rings. The molecule has 0 radical (unpaired) electrons. The van der Waals surface area contributed by atoms with Crippen LogP contribution in [0.15, 0.2) is 58.5 Å². The average molecular weight is 392 g/mol. The van der Waals surface area contributed by atoms with Gasteiger partial charge in [0.2, 0.25) is 5.91 Å². The smallest absolute Gasteiger partial charge is 0.261 e. The molecule has 2 aromatic carbocycles. The molecule has 1 amide bonds. The van der Waals surface area contributed by atoms with Gasteiger partial charge in [0.1, 0.15) is 6.54 Å². The lowest BCUT2D eigenvalue weighted by Gasteiger charge is -2.11. The van der Waals surface area contributed by atoms with E-state index in [1.807, 2.05) is 0 Å². The second-order valence-corrected chi connectivity index (χ2v) is 8.08. The second kappa shape index (κ2) is 6.89. The maximum Gasteiger partial charge on any atom is 0.261 e. The van der Waals surface area contributed by atoms with E-state index < -0.39 is 21.3 Å². The van der Waals surface area contributed by atoms with Crippen molar-refractivity contribution < 1.29 is 13.2 Å². The first-order chi connectivity index (χ1) is 12.3. The van der Waals surface area contributed by atoms with Crippen LogP contribution < -0.4 is 10.9 Å². The largest absolute Gasteiger partial charge is 0.323 e. The van der Waals surface area contributed by atoms with Crippen molar-refractivity contribution in [3.63, 3.8) is 0 Å². The van der Waals surface area contributed by atoms with E-state index in [2.05, 4.69) is 10.3 Å². The zero-order valence-corrected chi connectivity index (χ0v) is 15.2. The number of aromatic nitrogens is 2. The van der Waals surface area contributed by atoms with Crippen molar-refractivity contribution in [2.45, 2.75) is 11.4 Å². The third kappa shape index (κ3) is 3.76. The SMILES string of the molecule is CS(=O)(=O)c1ccccc1NC(=O)Cn1cnc2cc(Cl)ccc2c1=O. The fourth-order valence-electron chi connectivity index (χ4n) is 2.48. The summed E-state index contributed by atoms with van der Waals surface area (Å²) in [7, 11) is -3.50. The third-order valence-electron chi connectivity index (χ3n) is 3.66. The normalized spacial score (nSPS) is 11.5. The van der Waals surface area contributed by atoms with E-state index in [1.54, 1.807) is 30.3 Å². The number of fused-ring (bicyclic) bond motifs is 1. The molecule has 3 rings (SSSR count). The van der Waals surface area contributed by atoms with E-state index in [1.165, 1.54) is 18.5 Å². The highest BCUT2D eigenvalue weighted by molar-refractivity contribution is 7.90. The number of sulfone groups is 1. The number of carbonyl (C=O) groups is 1. The highest BCUT2D eigenvalue weighted by Gasteiger charge is 2.15. The fourth-order valence-corrected chi connectivity index (χ4v) is 3.49. The summed E-state index contributed by atoms with van der Waals surface area (Å²) < 4.78 is 24.7. The molecule has 1 heterocycles. The van der Waals surface area contributed by atoms with Gasteiger partial charge in [-0.15, -0.1) is 0 Å². The number of anilines is 1. The minimum Gasteiger partial charge on any atom is -0.323 e. The molecule has 0 unspecified atom stereocenters. The molecule has 1 N–H and O–H groups in total. The summed E-state index contributed by atoms with van der Waals surface area (Å²) >= 11 is 5.87. The molecule has 0 saturated carbocycles. The van der Waals surface area contributed by atoms with Crippen LogP contribution in [-0.4, -0.2) is 30.1 Å². The van der Waals surface area contributed by atoms with Crippen LogP contribution in [0.1, 0.15) is 0 Å². The van der Waals surface area contributed by atoms with Gasteiger partial charge in [-0.1, -0.05) is 23.7 Å². The Morgan fingerprint density at radius 3 is 2.69 bits per heavy atom. The maximum atomic E-state index is 12.5. The van der Waals surface area contributed by atoms with Crippen molar-refractivity contribution in [1.82, 2.24) is 9.55 Å². The van der Waals surface area contributed by atoms with E-state index in [9.17, 15) is 18.0 Å². The topological polar surface area (TPSA) is 98.1 Å². The molecule has 0 aliphatic carbocycles. The standard InChI is InChI=1S/C17H14ClN3O4S/c1-26(24,25)15-5-3-2-4-13(15)20-16(22)9-21-10-19-14-8-11(18)6-7-12(14)17(21)23/h2-8,10H,9H2,1H3,(H,20,22). The van der Waals surface area contributed by atoms with Crippen LogP contribution in [0, 0.1) is 0 Å². The van der Waals surface area contributed by atoms with Gasteiger partial charge < -0.3 is 5.32 Å². The Morgan fingerprint density at radius 2 is 1.96 bits per heavy atom. The minimum absolute atomic E-state index is 0.00646. The molecule has 9 heteroatoms. The Balaban J connectivity index is 1.88. The van der Waals surface area contributed by atoms with Crippen LogP contribution >= 0.6 is 11.6 Å². The molecule has 0 aliphatic heterocycles. The van der Waals surface area contributed by atoms with Gasteiger partial charge in [0, 0.05) is 11.3 Å². The van der Waals surface area contributed by atoms with E-state index in [0.29, 0.717) is 15.9 Å². The van der Waals surface area contributed by atoms with E-state index in [4.69, 9.17) is 11.6 Å². The van der Waals surface area contributed by atoms with Crippen molar-refractivity contribution in [3.8, 4) is 0 Å². The molecule has 0 fully saturated rings. The number of nitrogens with zero attached hydrogens (tertiary/aromatic N) is 2. The molecule has 26 heavy (non-hydrogen) atoms. The summed E-state index contributed by atoms with van der Waals surface area (Å²) in [5.74, 6) is -0.543. The molecule has 0 bridgehead atoms. The monoisotopic (exact) mass is 391 g/mol. The Hall–Kier alpha value is -2.71. The van der Waals surface area contributed by atoms with Crippen molar-refractivity contribution in [1.29, 1.82) is 0 Å². The van der Waals surface area contributed by atoms with Crippen molar-refractivity contribution >= 4 is 43.9 Å². The summed E-state index contributed by atoms with van der Waals surface area (Å²) in [6, 6.07) is 10.7. The van der Waals surface area contributed by atoms with Crippen LogP contribution in [0.25, 0.3) is 10.9 Å². The van der Waals surface area contributed by atoms with Gasteiger partial charge >= 0.3 is 0 Å². The number of carbonyl (C=O) groups excluding carboxylic acids is 1. The van der Waals surface area contributed by atoms with Crippen LogP contribution in [0.5, 0.6) is 0 Å². The number of hydrogen-bond acceptors (Lipinski definition) is 5. The van der Waals surface area contributed by atoms with Crippen molar-refractivity contribution in [2.24, 2.45) is 0 Å². The summed E-state index contributed by atoms with van der Waals surface area (Å²) in [5.41, 5.74) is 0.202. The first-order valence-corrected chi connectivity index (χ1v) is 9.76. The first-order valence-electron chi connectivity index (χ1n) is 7.49. The predicted molar refractivity (Wildman–Crippen MR) is 99.2 cm³/mol. The summed E-state index contributed by atoms with van der Waals surface area (Å²) in [6.45, 7) is -0.303. The molecular formula is C17H14ClN3O4S. The number of rotatable bonds is 4. The minimum atomic E-state index is -3.50. The van der Waals surface area contributed by atoms with Gasteiger partial charge in [-0.2, -0.15) is 0 Å². The molecular weight excluding hydrogens is 378 g/mol. The average Bonchev–Trinajstić information content (AvgIpc) is 2.57.